The average Bonchev–Trinajstić information content (AvgIpc) is 3.48. The molecule has 3 nitrogen and oxygen atoms in total. The topological polar surface area (TPSA) is 38.7 Å². The maximum Gasteiger partial charge on any atom is 0.164 e. The van der Waals surface area contributed by atoms with Gasteiger partial charge in [-0.25, -0.2) is 15.0 Å². The van der Waals surface area contributed by atoms with Crippen LogP contribution in [0, 0.1) is 0 Å². The van der Waals surface area contributed by atoms with Crippen molar-refractivity contribution in [2.24, 2.45) is 0 Å². The third kappa shape index (κ3) is 3.88. The van der Waals surface area contributed by atoms with Gasteiger partial charge in [0.05, 0.1) is 13.7 Å². The first-order chi connectivity index (χ1) is 22.5. The van der Waals surface area contributed by atoms with Crippen molar-refractivity contribution in [2.45, 2.75) is 0 Å². The summed E-state index contributed by atoms with van der Waals surface area (Å²) in [7, 11) is 0. The first-order valence-electron chi connectivity index (χ1n) is 16.4. The molecule has 0 N–H and O–H groups in total. The third-order valence-electron chi connectivity index (χ3n) is 5.92. The zero-order valence-corrected chi connectivity index (χ0v) is 19.9. The fraction of sp³-hybridized carbons (Fsp3) is 0. The Morgan fingerprint density at radius 1 is 0.514 bits per heavy atom. The molecule has 0 fully saturated rings. The van der Waals surface area contributed by atoms with Crippen LogP contribution in [-0.2, 0) is 0 Å². The maximum atomic E-state index is 8.58. The molecule has 0 aliphatic heterocycles. The molecule has 2 heterocycles. The van der Waals surface area contributed by atoms with E-state index in [1.807, 2.05) is 42.5 Å². The van der Waals surface area contributed by atoms with E-state index in [4.69, 9.17) is 23.7 Å². The summed E-state index contributed by atoms with van der Waals surface area (Å²) >= 11 is 1.40. The Hall–Kier alpha value is -4.67. The van der Waals surface area contributed by atoms with Crippen LogP contribution in [0.2, 0.25) is 0 Å². The average molecular weight is 502 g/mol. The summed E-state index contributed by atoms with van der Waals surface area (Å²) in [6.45, 7) is 0. The van der Waals surface area contributed by atoms with E-state index >= 15 is 0 Å². The SMILES string of the molecule is [2H]c1c([2H])c([2H])c(-c2nc(-c3ccccc3)nc(-c3cccc4sc5c(-c6c([2H])c([2H])c([2H])c([2H])c6[2H])cccc5c34)n2)c([2H])c1[2H]. The maximum absolute atomic E-state index is 8.58. The molecule has 0 saturated heterocycles. The van der Waals surface area contributed by atoms with E-state index in [2.05, 4.69) is 4.98 Å². The van der Waals surface area contributed by atoms with Crippen molar-refractivity contribution < 1.29 is 13.7 Å². The predicted molar refractivity (Wildman–Crippen MR) is 154 cm³/mol. The Kier molecular flexibility index (Phi) is 3.34. The summed E-state index contributed by atoms with van der Waals surface area (Å²) < 4.78 is 84.8. The highest BCUT2D eigenvalue weighted by molar-refractivity contribution is 7.26. The first-order valence-corrected chi connectivity index (χ1v) is 12.2. The highest BCUT2D eigenvalue weighted by atomic mass is 32.1. The molecule has 0 atom stereocenters. The number of benzene rings is 5. The van der Waals surface area contributed by atoms with Gasteiger partial charge in [0.25, 0.3) is 0 Å². The monoisotopic (exact) mass is 501 g/mol. The van der Waals surface area contributed by atoms with Crippen molar-refractivity contribution in [2.75, 3.05) is 0 Å². The second-order valence-corrected chi connectivity index (χ2v) is 9.19. The number of nitrogens with zero attached hydrogens (tertiary/aromatic N) is 3. The predicted octanol–water partition coefficient (Wildman–Crippen LogP) is 8.91. The van der Waals surface area contributed by atoms with Crippen LogP contribution in [-0.4, -0.2) is 15.0 Å². The van der Waals surface area contributed by atoms with Gasteiger partial charge in [-0.1, -0.05) is 121 Å². The molecule has 0 radical (unpaired) electrons. The minimum atomic E-state index is -0.522. The Morgan fingerprint density at radius 3 is 1.89 bits per heavy atom. The van der Waals surface area contributed by atoms with Crippen LogP contribution in [0.3, 0.4) is 0 Å². The van der Waals surface area contributed by atoms with Crippen molar-refractivity contribution in [3.8, 4) is 45.3 Å². The number of thiophene rings is 1. The Labute approximate surface area is 232 Å². The fourth-order valence-corrected chi connectivity index (χ4v) is 5.55. The summed E-state index contributed by atoms with van der Waals surface area (Å²) in [6.07, 6.45) is 0. The van der Waals surface area contributed by atoms with Crippen molar-refractivity contribution in [1.82, 2.24) is 15.0 Å². The number of hydrogen-bond donors (Lipinski definition) is 0. The van der Waals surface area contributed by atoms with Gasteiger partial charge in [-0.15, -0.1) is 11.3 Å². The lowest BCUT2D eigenvalue weighted by Crippen LogP contribution is -2.00. The van der Waals surface area contributed by atoms with Crippen molar-refractivity contribution in [1.29, 1.82) is 0 Å². The van der Waals surface area contributed by atoms with E-state index in [0.717, 1.165) is 15.5 Å². The second kappa shape index (κ2) is 9.08. The first kappa shape index (κ1) is 13.6. The normalized spacial score (nSPS) is 15.0. The van der Waals surface area contributed by atoms with Gasteiger partial charge in [0.15, 0.2) is 17.5 Å². The smallest absolute Gasteiger partial charge is 0.164 e. The van der Waals surface area contributed by atoms with Gasteiger partial charge >= 0.3 is 0 Å². The molecular formula is C33H21N3S. The van der Waals surface area contributed by atoms with Crippen LogP contribution >= 0.6 is 11.3 Å². The number of fused-ring (bicyclic) bond motifs is 3. The lowest BCUT2D eigenvalue weighted by molar-refractivity contribution is 1.08. The van der Waals surface area contributed by atoms with E-state index in [-0.39, 0.29) is 40.7 Å². The van der Waals surface area contributed by atoms with E-state index in [9.17, 15) is 0 Å². The molecule has 0 bridgehead atoms. The molecule has 0 amide bonds. The second-order valence-electron chi connectivity index (χ2n) is 8.14. The van der Waals surface area contributed by atoms with Gasteiger partial charge in [0, 0.05) is 36.9 Å². The van der Waals surface area contributed by atoms with E-state index < -0.39 is 48.3 Å². The third-order valence-corrected chi connectivity index (χ3v) is 7.13. The van der Waals surface area contributed by atoms with Gasteiger partial charge in [-0.3, -0.25) is 0 Å². The van der Waals surface area contributed by atoms with Gasteiger partial charge in [-0.2, -0.15) is 0 Å². The Morgan fingerprint density at radius 2 is 1.14 bits per heavy atom. The van der Waals surface area contributed by atoms with Crippen molar-refractivity contribution >= 4 is 31.5 Å². The van der Waals surface area contributed by atoms with Gasteiger partial charge in [0.2, 0.25) is 0 Å². The quantitative estimate of drug-likeness (QED) is 0.242. The number of hydrogen-bond acceptors (Lipinski definition) is 4. The lowest BCUT2D eigenvalue weighted by atomic mass is 10.0. The summed E-state index contributed by atoms with van der Waals surface area (Å²) in [6, 6.07) is 15.7. The van der Waals surface area contributed by atoms with Crippen LogP contribution in [0.15, 0.2) is 127 Å². The molecule has 7 aromatic rings. The van der Waals surface area contributed by atoms with Crippen molar-refractivity contribution in [3.05, 3.63) is 127 Å². The molecule has 0 unspecified atom stereocenters. The van der Waals surface area contributed by atoms with Gasteiger partial charge in [-0.05, 0) is 17.2 Å². The lowest BCUT2D eigenvalue weighted by Gasteiger charge is -2.09. The number of aromatic nitrogens is 3. The molecule has 0 aliphatic rings. The molecule has 0 aliphatic carbocycles. The van der Waals surface area contributed by atoms with Crippen LogP contribution in [0.5, 0.6) is 0 Å². The van der Waals surface area contributed by atoms with E-state index in [1.54, 1.807) is 24.3 Å². The van der Waals surface area contributed by atoms with Gasteiger partial charge < -0.3 is 0 Å². The largest absolute Gasteiger partial charge is 0.208 e. The molecule has 174 valence electrons. The zero-order chi connectivity index (χ0) is 33.3. The molecular weight excluding hydrogens is 470 g/mol. The van der Waals surface area contributed by atoms with E-state index in [0.29, 0.717) is 21.4 Å². The molecule has 0 saturated carbocycles. The minimum Gasteiger partial charge on any atom is -0.208 e. The van der Waals surface area contributed by atoms with Crippen LogP contribution in [0.25, 0.3) is 65.5 Å². The Bertz CT molecular complexity index is 2370. The molecule has 37 heavy (non-hydrogen) atoms. The standard InChI is InChI=1S/C33H21N3S/c1-4-12-22(13-5-1)25-18-10-19-26-29-27(20-11-21-28(29)37-30(25)26)33-35-31(23-14-6-2-7-15-23)34-32(36-33)24-16-8-3-9-17-24/h1-21H/i1D,2D,4D,5D,6D,7D,12D,13D,14D,15D. The summed E-state index contributed by atoms with van der Waals surface area (Å²) in [5.74, 6) is 0.371. The summed E-state index contributed by atoms with van der Waals surface area (Å²) in [5.41, 5.74) is 1.66. The van der Waals surface area contributed by atoms with Crippen LogP contribution in [0.4, 0.5) is 0 Å². The molecule has 5 aromatic carbocycles. The summed E-state index contributed by atoms with van der Waals surface area (Å²) in [5, 5.41) is 1.50. The van der Waals surface area contributed by atoms with Crippen molar-refractivity contribution in [3.63, 3.8) is 0 Å². The highest BCUT2D eigenvalue weighted by Gasteiger charge is 2.18. The molecule has 4 heteroatoms. The zero-order valence-electron chi connectivity index (χ0n) is 29.1. The van der Waals surface area contributed by atoms with Crippen LogP contribution < -0.4 is 0 Å². The Balaban J connectivity index is 1.54. The fourth-order valence-electron chi connectivity index (χ4n) is 4.30. The summed E-state index contributed by atoms with van der Waals surface area (Å²) in [4.78, 5) is 14.1. The highest BCUT2D eigenvalue weighted by Crippen LogP contribution is 2.43. The molecule has 0 spiro atoms. The molecule has 2 aromatic heterocycles. The molecule has 7 rings (SSSR count). The van der Waals surface area contributed by atoms with Crippen LogP contribution in [0.1, 0.15) is 13.7 Å². The van der Waals surface area contributed by atoms with E-state index in [1.165, 1.54) is 11.3 Å². The van der Waals surface area contributed by atoms with Gasteiger partial charge in [0.1, 0.15) is 0 Å². The minimum absolute atomic E-state index is 0.0813. The number of rotatable bonds is 4.